The number of ether oxygens (including phenoxy) is 2. The molecule has 1 heterocycles. The van der Waals surface area contributed by atoms with Gasteiger partial charge in [0.05, 0.1) is 22.2 Å². The van der Waals surface area contributed by atoms with Gasteiger partial charge in [-0.1, -0.05) is 35.4 Å². The molecule has 184 valence electrons. The summed E-state index contributed by atoms with van der Waals surface area (Å²) < 4.78 is 11.0. The molecule has 9 heteroatoms. The second-order valence-corrected chi connectivity index (χ2v) is 9.24. The smallest absolute Gasteiger partial charge is 0.264 e. The van der Waals surface area contributed by atoms with Crippen molar-refractivity contribution < 1.29 is 19.1 Å². The molecule has 0 radical (unpaired) electrons. The van der Waals surface area contributed by atoms with Crippen molar-refractivity contribution >= 4 is 57.8 Å². The molecule has 3 aromatic rings. The van der Waals surface area contributed by atoms with Gasteiger partial charge in [0, 0.05) is 5.69 Å². The Labute approximate surface area is 218 Å². The van der Waals surface area contributed by atoms with Crippen LogP contribution in [0.3, 0.4) is 0 Å². The fourth-order valence-electron chi connectivity index (χ4n) is 3.23. The van der Waals surface area contributed by atoms with Gasteiger partial charge in [0.15, 0.2) is 11.8 Å². The summed E-state index contributed by atoms with van der Waals surface area (Å²) in [5, 5.41) is 6.36. The number of nitrogens with zero attached hydrogens (tertiary/aromatic N) is 1. The number of halogens is 1. The van der Waals surface area contributed by atoms with Gasteiger partial charge < -0.3 is 20.1 Å². The predicted octanol–water partition coefficient (Wildman–Crippen LogP) is 5.96. The van der Waals surface area contributed by atoms with E-state index in [4.69, 9.17) is 21.1 Å². The topological polar surface area (TPSA) is 89.0 Å². The maximum Gasteiger partial charge on any atom is 0.264 e. The molecule has 4 rings (SSSR count). The number of amides is 2. The fourth-order valence-corrected chi connectivity index (χ4v) is 4.32. The average molecular weight is 522 g/mol. The summed E-state index contributed by atoms with van der Waals surface area (Å²) in [5.41, 5.74) is 3.23. The van der Waals surface area contributed by atoms with Gasteiger partial charge in [-0.3, -0.25) is 9.59 Å². The Morgan fingerprint density at radius 2 is 1.83 bits per heavy atom. The number of aryl methyl sites for hydroxylation is 1. The first-order chi connectivity index (χ1) is 17.4. The van der Waals surface area contributed by atoms with Crippen LogP contribution in [0.2, 0.25) is 5.02 Å². The van der Waals surface area contributed by atoms with E-state index in [-0.39, 0.29) is 18.4 Å². The molecule has 0 atom stereocenters. The molecule has 1 aliphatic heterocycles. The minimum atomic E-state index is -0.292. The molecule has 3 aromatic carbocycles. The zero-order valence-corrected chi connectivity index (χ0v) is 21.3. The first-order valence-electron chi connectivity index (χ1n) is 11.2. The normalized spacial score (nSPS) is 15.1. The first kappa shape index (κ1) is 25.3. The summed E-state index contributed by atoms with van der Waals surface area (Å²) in [6.07, 6.45) is 1.72. The van der Waals surface area contributed by atoms with E-state index >= 15 is 0 Å². The van der Waals surface area contributed by atoms with E-state index in [1.807, 2.05) is 62.4 Å². The molecule has 0 unspecified atom stereocenters. The monoisotopic (exact) mass is 521 g/mol. The summed E-state index contributed by atoms with van der Waals surface area (Å²) in [4.78, 5) is 29.5. The lowest BCUT2D eigenvalue weighted by molar-refractivity contribution is -0.118. The molecule has 0 bridgehead atoms. The summed E-state index contributed by atoms with van der Waals surface area (Å²) in [6.45, 7) is 4.31. The van der Waals surface area contributed by atoms with Crippen LogP contribution in [0.1, 0.15) is 18.1 Å². The number of amidine groups is 1. The number of rotatable bonds is 8. The molecule has 0 saturated carbocycles. The largest absolute Gasteiger partial charge is 0.494 e. The lowest BCUT2D eigenvalue weighted by atomic mass is 10.2. The van der Waals surface area contributed by atoms with Crippen molar-refractivity contribution in [3.63, 3.8) is 0 Å². The molecule has 7 nitrogen and oxygen atoms in total. The van der Waals surface area contributed by atoms with Crippen molar-refractivity contribution in [3.8, 4) is 11.5 Å². The Bertz CT molecular complexity index is 1320. The molecular formula is C27H24ClN3O4S. The molecule has 0 spiro atoms. The van der Waals surface area contributed by atoms with Crippen LogP contribution in [-0.2, 0) is 9.59 Å². The molecule has 2 amide bonds. The predicted molar refractivity (Wildman–Crippen MR) is 145 cm³/mol. The molecule has 0 aliphatic carbocycles. The van der Waals surface area contributed by atoms with Gasteiger partial charge in [-0.25, -0.2) is 4.99 Å². The van der Waals surface area contributed by atoms with Crippen LogP contribution >= 0.6 is 23.4 Å². The van der Waals surface area contributed by atoms with Crippen LogP contribution in [0.5, 0.6) is 11.5 Å². The Morgan fingerprint density at radius 3 is 2.53 bits per heavy atom. The molecule has 1 saturated heterocycles. The Morgan fingerprint density at radius 1 is 1.08 bits per heavy atom. The second kappa shape index (κ2) is 11.8. The first-order valence-corrected chi connectivity index (χ1v) is 12.4. The highest BCUT2D eigenvalue weighted by Gasteiger charge is 2.24. The zero-order valence-electron chi connectivity index (χ0n) is 19.7. The van der Waals surface area contributed by atoms with E-state index in [0.29, 0.717) is 38.8 Å². The fraction of sp³-hybridized carbons (Fsp3) is 0.148. The Hall–Kier alpha value is -3.75. The summed E-state index contributed by atoms with van der Waals surface area (Å²) in [6, 6.07) is 19.9. The van der Waals surface area contributed by atoms with Crippen molar-refractivity contribution in [1.82, 2.24) is 5.32 Å². The van der Waals surface area contributed by atoms with Gasteiger partial charge in [-0.2, -0.15) is 0 Å². The van der Waals surface area contributed by atoms with E-state index < -0.39 is 0 Å². The van der Waals surface area contributed by atoms with Gasteiger partial charge in [0.1, 0.15) is 11.5 Å². The van der Waals surface area contributed by atoms with E-state index in [2.05, 4.69) is 15.6 Å². The lowest BCUT2D eigenvalue weighted by Gasteiger charge is -2.09. The van der Waals surface area contributed by atoms with Gasteiger partial charge in [0.25, 0.3) is 11.8 Å². The maximum atomic E-state index is 12.4. The quantitative estimate of drug-likeness (QED) is 0.357. The number of hydrogen-bond acceptors (Lipinski definition) is 6. The molecule has 2 N–H and O–H groups in total. The third-order valence-corrected chi connectivity index (χ3v) is 6.18. The number of anilines is 1. The zero-order chi connectivity index (χ0) is 25.5. The minimum absolute atomic E-state index is 0.183. The van der Waals surface area contributed by atoms with Crippen molar-refractivity contribution in [2.75, 3.05) is 18.5 Å². The summed E-state index contributed by atoms with van der Waals surface area (Å²) >= 11 is 7.60. The van der Waals surface area contributed by atoms with Crippen molar-refractivity contribution in [2.45, 2.75) is 13.8 Å². The van der Waals surface area contributed by atoms with Crippen molar-refractivity contribution in [2.24, 2.45) is 4.99 Å². The molecule has 0 aromatic heterocycles. The van der Waals surface area contributed by atoms with E-state index in [0.717, 1.165) is 16.9 Å². The number of aliphatic imine (C=N–C) groups is 1. The maximum absolute atomic E-state index is 12.4. The van der Waals surface area contributed by atoms with Crippen LogP contribution in [0.15, 0.2) is 76.6 Å². The van der Waals surface area contributed by atoms with E-state index in [1.54, 1.807) is 24.3 Å². The lowest BCUT2D eigenvalue weighted by Crippen LogP contribution is -2.20. The molecule has 1 aliphatic rings. The molecule has 1 fully saturated rings. The standard InChI is InChI=1S/C27H24ClN3O4S/c1-3-34-21-11-9-20(10-12-21)30-27-31-26(33)24(36-27)15-18-6-13-23(22(28)14-18)35-16-25(32)29-19-7-4-17(2)5-8-19/h4-15H,3,16H2,1-2H3,(H,29,32)(H,30,31,33)/b24-15+. The van der Waals surface area contributed by atoms with Crippen LogP contribution in [0.25, 0.3) is 6.08 Å². The van der Waals surface area contributed by atoms with Crippen LogP contribution in [-0.4, -0.2) is 30.2 Å². The van der Waals surface area contributed by atoms with Crippen LogP contribution in [0.4, 0.5) is 11.4 Å². The highest BCUT2D eigenvalue weighted by atomic mass is 35.5. The molecular weight excluding hydrogens is 498 g/mol. The second-order valence-electron chi connectivity index (χ2n) is 7.80. The molecule has 36 heavy (non-hydrogen) atoms. The summed E-state index contributed by atoms with van der Waals surface area (Å²) in [5.74, 6) is 0.605. The minimum Gasteiger partial charge on any atom is -0.494 e. The Kier molecular flexibility index (Phi) is 8.30. The van der Waals surface area contributed by atoms with Gasteiger partial charge in [0.2, 0.25) is 0 Å². The third-order valence-electron chi connectivity index (χ3n) is 4.98. The van der Waals surface area contributed by atoms with Gasteiger partial charge >= 0.3 is 0 Å². The Balaban J connectivity index is 1.36. The number of hydrogen-bond donors (Lipinski definition) is 2. The number of carbonyl (C=O) groups excluding carboxylic acids is 2. The van der Waals surface area contributed by atoms with Crippen LogP contribution in [0, 0.1) is 6.92 Å². The number of benzene rings is 3. The van der Waals surface area contributed by atoms with Gasteiger partial charge in [-0.05, 0) is 85.8 Å². The SMILES string of the molecule is CCOc1ccc(N=C2NC(=O)/C(=C\c3ccc(OCC(=O)Nc4ccc(C)cc4)c(Cl)c3)S2)cc1. The van der Waals surface area contributed by atoms with Gasteiger partial charge in [-0.15, -0.1) is 0 Å². The van der Waals surface area contributed by atoms with E-state index in [9.17, 15) is 9.59 Å². The number of carbonyl (C=O) groups is 2. The third kappa shape index (κ3) is 6.90. The highest BCUT2D eigenvalue weighted by molar-refractivity contribution is 8.18. The number of nitrogens with one attached hydrogen (secondary N) is 2. The van der Waals surface area contributed by atoms with Crippen molar-refractivity contribution in [1.29, 1.82) is 0 Å². The average Bonchev–Trinajstić information content (AvgIpc) is 3.19. The highest BCUT2D eigenvalue weighted by Crippen LogP contribution is 2.31. The van der Waals surface area contributed by atoms with Crippen LogP contribution < -0.4 is 20.1 Å². The number of thioether (sulfide) groups is 1. The summed E-state index contributed by atoms with van der Waals surface area (Å²) in [7, 11) is 0. The van der Waals surface area contributed by atoms with E-state index in [1.165, 1.54) is 11.8 Å². The van der Waals surface area contributed by atoms with Crippen molar-refractivity contribution in [3.05, 3.63) is 87.8 Å².